The van der Waals surface area contributed by atoms with Crippen LogP contribution < -0.4 is 0 Å². The molecule has 0 aliphatic rings. The quantitative estimate of drug-likeness (QED) is 0.488. The van der Waals surface area contributed by atoms with Crippen LogP contribution in [-0.4, -0.2) is 29.7 Å². The predicted molar refractivity (Wildman–Crippen MR) is 110 cm³/mol. The average molecular weight is 387 g/mol. The smallest absolute Gasteiger partial charge is 0.275 e. The van der Waals surface area contributed by atoms with Gasteiger partial charge in [0.05, 0.1) is 17.7 Å². The fourth-order valence-electron chi connectivity index (χ4n) is 2.69. The van der Waals surface area contributed by atoms with Gasteiger partial charge < -0.3 is 15.2 Å². The van der Waals surface area contributed by atoms with Crippen LogP contribution in [0.25, 0.3) is 22.8 Å². The van der Waals surface area contributed by atoms with Crippen LogP contribution in [0.4, 0.5) is 0 Å². The molecule has 7 heteroatoms. The number of benzene rings is 2. The van der Waals surface area contributed by atoms with E-state index in [1.54, 1.807) is 13.2 Å². The van der Waals surface area contributed by atoms with Crippen LogP contribution in [0.15, 0.2) is 66.9 Å². The van der Waals surface area contributed by atoms with Crippen LogP contribution in [0, 0.1) is 11.3 Å². The molecule has 0 radical (unpaired) electrons. The minimum atomic E-state index is -0.341. The second-order valence-electron chi connectivity index (χ2n) is 6.40. The van der Waals surface area contributed by atoms with Gasteiger partial charge in [0.2, 0.25) is 0 Å². The molecule has 2 aromatic carbocycles. The number of aromatic amines is 1. The van der Waals surface area contributed by atoms with E-state index < -0.39 is 0 Å². The van der Waals surface area contributed by atoms with E-state index in [0.29, 0.717) is 5.82 Å². The fraction of sp³-hybridized carbons (Fsp3) is 0.136. The van der Waals surface area contributed by atoms with Gasteiger partial charge in [0.25, 0.3) is 11.8 Å². The Morgan fingerprint density at radius 1 is 0.966 bits per heavy atom. The van der Waals surface area contributed by atoms with Crippen molar-refractivity contribution in [3.63, 3.8) is 0 Å². The molecular weight excluding hydrogens is 366 g/mol. The number of nitriles is 1. The van der Waals surface area contributed by atoms with Crippen molar-refractivity contribution in [1.29, 1.82) is 5.26 Å². The van der Waals surface area contributed by atoms with E-state index in [-0.39, 0.29) is 17.7 Å². The Kier molecular flexibility index (Phi) is 5.95. The topological polar surface area (TPSA) is 111 Å². The van der Waals surface area contributed by atoms with E-state index in [0.717, 1.165) is 22.6 Å². The Labute approximate surface area is 168 Å². The maximum absolute atomic E-state index is 9.34. The molecule has 0 aliphatic heterocycles. The number of nitrogens with one attached hydrogen (secondary N) is 1. The molecule has 0 fully saturated rings. The zero-order valence-electron chi connectivity index (χ0n) is 16.1. The summed E-state index contributed by atoms with van der Waals surface area (Å²) in [5.41, 5.74) is 2.68. The molecule has 29 heavy (non-hydrogen) atoms. The lowest BCUT2D eigenvalue weighted by molar-refractivity contribution is 0.374. The summed E-state index contributed by atoms with van der Waals surface area (Å²) in [7, 11) is 1.64. The Morgan fingerprint density at radius 2 is 1.55 bits per heavy atom. The lowest BCUT2D eigenvalue weighted by Crippen LogP contribution is -1.91. The number of aromatic hydroxyl groups is 2. The highest BCUT2D eigenvalue weighted by Crippen LogP contribution is 2.29. The Bertz CT molecular complexity index is 1110. The largest absolute Gasteiger partial charge is 0.491 e. The zero-order valence-corrected chi connectivity index (χ0v) is 16.1. The second-order valence-corrected chi connectivity index (χ2v) is 6.40. The molecule has 0 saturated carbocycles. The lowest BCUT2D eigenvalue weighted by atomic mass is 10.1. The molecule has 4 rings (SSSR count). The Balaban J connectivity index is 0.000000166. The van der Waals surface area contributed by atoms with Crippen molar-refractivity contribution in [1.82, 2.24) is 19.5 Å². The third kappa shape index (κ3) is 4.45. The van der Waals surface area contributed by atoms with Gasteiger partial charge in [-0.25, -0.2) is 4.98 Å². The van der Waals surface area contributed by atoms with E-state index in [4.69, 9.17) is 5.26 Å². The van der Waals surface area contributed by atoms with E-state index in [9.17, 15) is 10.2 Å². The fourth-order valence-corrected chi connectivity index (χ4v) is 2.69. The molecule has 1 atom stereocenters. The van der Waals surface area contributed by atoms with Gasteiger partial charge in [-0.1, -0.05) is 60.7 Å². The standard InChI is InChI=1S/C12H11N3.C10H10N2O2/c1-9(7-13)11-8-14-12(15-11)10-5-3-2-4-6-10;1-12-8(11-9(13)10(12)14)7-5-3-2-4-6-7/h2-6,8-9H,1H3,(H,14,15);2-6,13-14H,1H3. The van der Waals surface area contributed by atoms with Gasteiger partial charge in [-0.15, -0.1) is 0 Å². The van der Waals surface area contributed by atoms with Crippen LogP contribution in [0.1, 0.15) is 18.5 Å². The summed E-state index contributed by atoms with van der Waals surface area (Å²) in [5.74, 6) is 0.627. The number of imidazole rings is 2. The first-order valence-electron chi connectivity index (χ1n) is 9.01. The Hall–Kier alpha value is -4.05. The highest BCUT2D eigenvalue weighted by molar-refractivity contribution is 5.58. The van der Waals surface area contributed by atoms with E-state index in [1.165, 1.54) is 4.57 Å². The summed E-state index contributed by atoms with van der Waals surface area (Å²) >= 11 is 0. The van der Waals surface area contributed by atoms with E-state index in [1.807, 2.05) is 67.6 Å². The van der Waals surface area contributed by atoms with Crippen LogP contribution in [0.5, 0.6) is 11.8 Å². The van der Waals surface area contributed by atoms with Crippen molar-refractivity contribution in [3.05, 3.63) is 72.6 Å². The van der Waals surface area contributed by atoms with Crippen molar-refractivity contribution < 1.29 is 10.2 Å². The van der Waals surface area contributed by atoms with Crippen molar-refractivity contribution >= 4 is 0 Å². The van der Waals surface area contributed by atoms with Crippen molar-refractivity contribution in [3.8, 4) is 40.6 Å². The summed E-state index contributed by atoms with van der Waals surface area (Å²) in [5, 5.41) is 27.3. The third-order valence-electron chi connectivity index (χ3n) is 4.36. The molecular formula is C22H21N5O2. The lowest BCUT2D eigenvalue weighted by Gasteiger charge is -2.00. The molecule has 2 aromatic heterocycles. The molecule has 146 valence electrons. The van der Waals surface area contributed by atoms with Crippen molar-refractivity contribution in [2.45, 2.75) is 12.8 Å². The minimum Gasteiger partial charge on any atom is -0.491 e. The molecule has 4 aromatic rings. The van der Waals surface area contributed by atoms with Gasteiger partial charge in [-0.3, -0.25) is 4.57 Å². The van der Waals surface area contributed by atoms with E-state index >= 15 is 0 Å². The highest BCUT2D eigenvalue weighted by Gasteiger charge is 2.13. The van der Waals surface area contributed by atoms with Crippen molar-refractivity contribution in [2.24, 2.45) is 7.05 Å². The zero-order chi connectivity index (χ0) is 20.8. The van der Waals surface area contributed by atoms with Gasteiger partial charge in [-0.2, -0.15) is 10.2 Å². The van der Waals surface area contributed by atoms with Gasteiger partial charge in [-0.05, 0) is 6.92 Å². The summed E-state index contributed by atoms with van der Waals surface area (Å²) < 4.78 is 1.44. The van der Waals surface area contributed by atoms with Gasteiger partial charge in [0, 0.05) is 24.4 Å². The molecule has 2 heterocycles. The molecule has 3 N–H and O–H groups in total. The first-order chi connectivity index (χ1) is 14.0. The molecule has 0 spiro atoms. The van der Waals surface area contributed by atoms with E-state index in [2.05, 4.69) is 21.0 Å². The first kappa shape index (κ1) is 19.7. The molecule has 1 unspecified atom stereocenters. The molecule has 0 bridgehead atoms. The number of rotatable bonds is 3. The number of aromatic nitrogens is 4. The maximum Gasteiger partial charge on any atom is 0.275 e. The first-order valence-corrected chi connectivity index (χ1v) is 9.01. The van der Waals surface area contributed by atoms with Gasteiger partial charge in [0.15, 0.2) is 0 Å². The molecule has 0 aliphatic carbocycles. The number of nitrogens with zero attached hydrogens (tertiary/aromatic N) is 4. The average Bonchev–Trinajstić information content (AvgIpc) is 3.36. The molecule has 0 saturated heterocycles. The summed E-state index contributed by atoms with van der Waals surface area (Å²) in [6, 6.07) is 21.4. The summed E-state index contributed by atoms with van der Waals surface area (Å²) in [4.78, 5) is 11.3. The minimum absolute atomic E-state index is 0.168. The van der Waals surface area contributed by atoms with Crippen LogP contribution in [0.2, 0.25) is 0 Å². The van der Waals surface area contributed by atoms with Crippen LogP contribution >= 0.6 is 0 Å². The normalized spacial score (nSPS) is 11.2. The molecule has 7 nitrogen and oxygen atoms in total. The van der Waals surface area contributed by atoms with Gasteiger partial charge in [0.1, 0.15) is 11.6 Å². The monoisotopic (exact) mass is 387 g/mol. The van der Waals surface area contributed by atoms with Crippen molar-refractivity contribution in [2.75, 3.05) is 0 Å². The summed E-state index contributed by atoms with van der Waals surface area (Å²) in [6.07, 6.45) is 1.79. The number of hydrogen-bond acceptors (Lipinski definition) is 5. The summed E-state index contributed by atoms with van der Waals surface area (Å²) in [6.45, 7) is 1.84. The Morgan fingerprint density at radius 3 is 2.07 bits per heavy atom. The molecule has 0 amide bonds. The highest BCUT2D eigenvalue weighted by atomic mass is 16.3. The van der Waals surface area contributed by atoms with Gasteiger partial charge >= 0.3 is 0 Å². The SMILES string of the molecule is CC(C#N)c1c[nH]c(-c2ccccc2)n1.Cn1c(-c2ccccc2)nc(O)c1O. The van der Waals surface area contributed by atoms with Crippen LogP contribution in [-0.2, 0) is 7.05 Å². The second kappa shape index (κ2) is 8.76. The number of H-pyrrole nitrogens is 1. The third-order valence-corrected chi connectivity index (χ3v) is 4.36. The number of hydrogen-bond donors (Lipinski definition) is 3. The predicted octanol–water partition coefficient (Wildman–Crippen LogP) is 4.20. The van der Waals surface area contributed by atoms with Crippen LogP contribution in [0.3, 0.4) is 0 Å². The maximum atomic E-state index is 9.34.